The lowest BCUT2D eigenvalue weighted by Gasteiger charge is -2.27. The van der Waals surface area contributed by atoms with Crippen molar-refractivity contribution < 1.29 is 10.1 Å². The van der Waals surface area contributed by atoms with Crippen LogP contribution in [0.25, 0.3) is 0 Å². The Kier molecular flexibility index (Phi) is 5.75. The van der Waals surface area contributed by atoms with Gasteiger partial charge in [-0.05, 0) is 27.7 Å². The van der Waals surface area contributed by atoms with Gasteiger partial charge in [0, 0.05) is 11.1 Å². The van der Waals surface area contributed by atoms with Crippen molar-refractivity contribution in [2.24, 2.45) is 0 Å². The van der Waals surface area contributed by atoms with Crippen LogP contribution in [0.5, 0.6) is 0 Å². The minimum absolute atomic E-state index is 0.0761. The highest BCUT2D eigenvalue weighted by atomic mass is 16.5. The Balaban J connectivity index is 2.57. The van der Waals surface area contributed by atoms with E-state index in [1.165, 1.54) is 0 Å². The molecule has 18 heavy (non-hydrogen) atoms. The summed E-state index contributed by atoms with van der Waals surface area (Å²) in [7, 11) is 0. The first kappa shape index (κ1) is 15.1. The SMILES string of the molecule is CC(C)[NH+]([O-])Cc1ccc(C[NH+]([O-])C(C)C)cc1. The van der Waals surface area contributed by atoms with Crippen molar-refractivity contribution in [1.82, 2.24) is 0 Å². The summed E-state index contributed by atoms with van der Waals surface area (Å²) in [6.07, 6.45) is 0. The van der Waals surface area contributed by atoms with Crippen LogP contribution < -0.4 is 10.1 Å². The molecule has 2 N–H and O–H groups in total. The van der Waals surface area contributed by atoms with Crippen molar-refractivity contribution in [3.63, 3.8) is 0 Å². The van der Waals surface area contributed by atoms with Gasteiger partial charge in [-0.15, -0.1) is 0 Å². The van der Waals surface area contributed by atoms with Crippen LogP contribution in [0.2, 0.25) is 0 Å². The van der Waals surface area contributed by atoms with E-state index in [0.717, 1.165) is 11.1 Å². The minimum atomic E-state index is 0.0761. The van der Waals surface area contributed by atoms with E-state index in [2.05, 4.69) is 0 Å². The minimum Gasteiger partial charge on any atom is -0.634 e. The number of rotatable bonds is 6. The summed E-state index contributed by atoms with van der Waals surface area (Å²) in [6, 6.07) is 7.94. The van der Waals surface area contributed by atoms with E-state index in [1.54, 1.807) is 0 Å². The molecule has 4 nitrogen and oxygen atoms in total. The third-order valence-electron chi connectivity index (χ3n) is 3.07. The molecule has 1 rings (SSSR count). The molecule has 0 radical (unpaired) electrons. The number of nitrogens with one attached hydrogen (secondary N) is 2. The van der Waals surface area contributed by atoms with E-state index in [1.807, 2.05) is 52.0 Å². The second kappa shape index (κ2) is 6.85. The fourth-order valence-electron chi connectivity index (χ4n) is 1.59. The number of hydroxylamine groups is 4. The first-order valence-corrected chi connectivity index (χ1v) is 6.53. The van der Waals surface area contributed by atoms with Gasteiger partial charge in [-0.25, -0.2) is 0 Å². The Morgan fingerprint density at radius 2 is 1.06 bits per heavy atom. The van der Waals surface area contributed by atoms with Gasteiger partial charge >= 0.3 is 0 Å². The number of quaternary nitrogens is 2. The van der Waals surface area contributed by atoms with Crippen molar-refractivity contribution in [2.75, 3.05) is 0 Å². The summed E-state index contributed by atoms with van der Waals surface area (Å²) in [5.41, 5.74) is 2.05. The van der Waals surface area contributed by atoms with Crippen molar-refractivity contribution in [1.29, 1.82) is 0 Å². The molecule has 0 heterocycles. The molecular weight excluding hydrogens is 228 g/mol. The molecule has 1 aromatic rings. The van der Waals surface area contributed by atoms with E-state index in [9.17, 15) is 10.4 Å². The summed E-state index contributed by atoms with van der Waals surface area (Å²) in [5, 5.41) is 23.7. The summed E-state index contributed by atoms with van der Waals surface area (Å²) in [4.78, 5) is 0. The topological polar surface area (TPSA) is 55.0 Å². The van der Waals surface area contributed by atoms with Crippen LogP contribution in [0.3, 0.4) is 0 Å². The van der Waals surface area contributed by atoms with Gasteiger partial charge in [-0.3, -0.25) is 0 Å². The molecule has 4 heteroatoms. The standard InChI is InChI=1S/C14H24N2O2/c1-11(2)15(17)9-13-5-7-14(8-6-13)10-16(18)12(3)4/h5-8,11-12,15-16H,9-10H2,1-4H3. The zero-order valence-electron chi connectivity index (χ0n) is 11.7. The first-order chi connectivity index (χ1) is 8.40. The lowest BCUT2D eigenvalue weighted by atomic mass is 10.1. The average Bonchev–Trinajstić information content (AvgIpc) is 2.31. The van der Waals surface area contributed by atoms with Crippen LogP contribution in [0.1, 0.15) is 38.8 Å². The van der Waals surface area contributed by atoms with Gasteiger partial charge in [-0.1, -0.05) is 24.3 Å². The van der Waals surface area contributed by atoms with Crippen LogP contribution in [-0.4, -0.2) is 12.1 Å². The van der Waals surface area contributed by atoms with Crippen molar-refractivity contribution in [3.05, 3.63) is 45.8 Å². The molecule has 1 aromatic carbocycles. The molecule has 102 valence electrons. The molecule has 2 atom stereocenters. The van der Waals surface area contributed by atoms with Crippen molar-refractivity contribution >= 4 is 0 Å². The Labute approximate surface area is 109 Å². The van der Waals surface area contributed by atoms with E-state index in [4.69, 9.17) is 0 Å². The summed E-state index contributed by atoms with van der Waals surface area (Å²) in [6.45, 7) is 8.62. The predicted molar refractivity (Wildman–Crippen MR) is 72.8 cm³/mol. The van der Waals surface area contributed by atoms with Gasteiger partial charge in [0.25, 0.3) is 0 Å². The highest BCUT2D eigenvalue weighted by molar-refractivity contribution is 5.21. The van der Waals surface area contributed by atoms with Crippen LogP contribution in [0, 0.1) is 10.4 Å². The molecular formula is C14H24N2O2. The number of hydrogen-bond donors (Lipinski definition) is 2. The fraction of sp³-hybridized carbons (Fsp3) is 0.571. The monoisotopic (exact) mass is 252 g/mol. The molecule has 0 amide bonds. The van der Waals surface area contributed by atoms with Gasteiger partial charge in [0.2, 0.25) is 0 Å². The quantitative estimate of drug-likeness (QED) is 0.714. The molecule has 0 aromatic heterocycles. The van der Waals surface area contributed by atoms with Gasteiger partial charge in [0.15, 0.2) is 0 Å². The van der Waals surface area contributed by atoms with Gasteiger partial charge in [0.05, 0.1) is 12.1 Å². The molecule has 0 bridgehead atoms. The van der Waals surface area contributed by atoms with Gasteiger partial charge < -0.3 is 20.5 Å². The maximum absolute atomic E-state index is 11.6. The van der Waals surface area contributed by atoms with E-state index < -0.39 is 0 Å². The second-order valence-corrected chi connectivity index (χ2v) is 5.41. The van der Waals surface area contributed by atoms with Crippen LogP contribution >= 0.6 is 0 Å². The number of hydrogen-bond acceptors (Lipinski definition) is 2. The van der Waals surface area contributed by atoms with E-state index in [-0.39, 0.29) is 22.2 Å². The van der Waals surface area contributed by atoms with Crippen molar-refractivity contribution in [2.45, 2.75) is 52.9 Å². The highest BCUT2D eigenvalue weighted by Gasteiger charge is 2.06. The molecule has 0 saturated heterocycles. The predicted octanol–water partition coefficient (Wildman–Crippen LogP) is 0.269. The maximum atomic E-state index is 11.6. The maximum Gasteiger partial charge on any atom is 0.103 e. The zero-order chi connectivity index (χ0) is 13.7. The van der Waals surface area contributed by atoms with Crippen LogP contribution in [0.4, 0.5) is 0 Å². The Hall–Kier alpha value is -0.940. The molecule has 2 unspecified atom stereocenters. The molecule has 0 saturated carbocycles. The van der Waals surface area contributed by atoms with Crippen LogP contribution in [0.15, 0.2) is 24.3 Å². The molecule has 0 fully saturated rings. The summed E-state index contributed by atoms with van der Waals surface area (Å²) in [5.74, 6) is 0. The lowest BCUT2D eigenvalue weighted by molar-refractivity contribution is -0.885. The first-order valence-electron chi connectivity index (χ1n) is 6.53. The van der Waals surface area contributed by atoms with E-state index >= 15 is 0 Å². The third kappa shape index (κ3) is 4.74. The molecule has 0 aliphatic heterocycles. The van der Waals surface area contributed by atoms with Crippen molar-refractivity contribution in [3.8, 4) is 0 Å². The Bertz CT molecular complexity index is 314. The molecule has 0 aliphatic carbocycles. The smallest absolute Gasteiger partial charge is 0.103 e. The zero-order valence-corrected chi connectivity index (χ0v) is 11.7. The Morgan fingerprint density at radius 1 is 0.778 bits per heavy atom. The molecule has 0 aliphatic rings. The number of benzene rings is 1. The second-order valence-electron chi connectivity index (χ2n) is 5.41. The van der Waals surface area contributed by atoms with Crippen LogP contribution in [-0.2, 0) is 13.1 Å². The summed E-state index contributed by atoms with van der Waals surface area (Å²) < 4.78 is 0. The average molecular weight is 252 g/mol. The molecule has 0 spiro atoms. The fourth-order valence-corrected chi connectivity index (χ4v) is 1.59. The van der Waals surface area contributed by atoms with E-state index in [0.29, 0.717) is 13.1 Å². The summed E-state index contributed by atoms with van der Waals surface area (Å²) >= 11 is 0. The van der Waals surface area contributed by atoms with Gasteiger partial charge in [-0.2, -0.15) is 0 Å². The highest BCUT2D eigenvalue weighted by Crippen LogP contribution is 2.02. The largest absolute Gasteiger partial charge is 0.634 e. The Morgan fingerprint density at radius 3 is 1.28 bits per heavy atom. The van der Waals surface area contributed by atoms with Gasteiger partial charge in [0.1, 0.15) is 13.1 Å². The lowest BCUT2D eigenvalue weighted by Crippen LogP contribution is -3.09. The third-order valence-corrected chi connectivity index (χ3v) is 3.07. The normalized spacial score (nSPS) is 15.1.